The molecule has 0 spiro atoms. The summed E-state index contributed by atoms with van der Waals surface area (Å²) in [4.78, 5) is 17.0. The summed E-state index contributed by atoms with van der Waals surface area (Å²) >= 11 is 0. The minimum absolute atomic E-state index is 0.172. The molecule has 31 heavy (non-hydrogen) atoms. The third kappa shape index (κ3) is 4.30. The highest BCUT2D eigenvalue weighted by Crippen LogP contribution is 2.30. The van der Waals surface area contributed by atoms with Gasteiger partial charge in [-0.2, -0.15) is 0 Å². The molecule has 0 fully saturated rings. The number of hydrogen-bond acceptors (Lipinski definition) is 5. The molecule has 0 saturated heterocycles. The van der Waals surface area contributed by atoms with E-state index >= 15 is 0 Å². The molecule has 0 radical (unpaired) electrons. The predicted octanol–water partition coefficient (Wildman–Crippen LogP) is 3.48. The van der Waals surface area contributed by atoms with Crippen molar-refractivity contribution in [2.75, 3.05) is 13.2 Å². The smallest absolute Gasteiger partial charge is 0.251 e. The van der Waals surface area contributed by atoms with E-state index in [1.807, 2.05) is 59.3 Å². The van der Waals surface area contributed by atoms with Gasteiger partial charge in [-0.15, -0.1) is 0 Å². The number of carbonyl (C=O) groups excluding carboxylic acids is 1. The van der Waals surface area contributed by atoms with Gasteiger partial charge >= 0.3 is 0 Å². The Labute approximate surface area is 179 Å². The van der Waals surface area contributed by atoms with Gasteiger partial charge in [0.25, 0.3) is 5.91 Å². The van der Waals surface area contributed by atoms with Crippen LogP contribution < -0.4 is 19.5 Å². The Balaban J connectivity index is 1.13. The Morgan fingerprint density at radius 2 is 1.87 bits per heavy atom. The van der Waals surface area contributed by atoms with Crippen molar-refractivity contribution in [2.24, 2.45) is 0 Å². The maximum atomic E-state index is 12.5. The number of ether oxygens (including phenoxy) is 3. The Bertz CT molecular complexity index is 1170. The first-order valence-electron chi connectivity index (χ1n) is 10.1. The Morgan fingerprint density at radius 3 is 2.71 bits per heavy atom. The monoisotopic (exact) mass is 415 g/mol. The molecule has 0 bridgehead atoms. The fourth-order valence-corrected chi connectivity index (χ4v) is 3.39. The summed E-state index contributed by atoms with van der Waals surface area (Å²) in [6, 6.07) is 20.4. The first kappa shape index (κ1) is 19.0. The Kier molecular flexibility index (Phi) is 5.14. The quantitative estimate of drug-likeness (QED) is 0.522. The van der Waals surface area contributed by atoms with Crippen molar-refractivity contribution in [3.05, 3.63) is 90.4 Å². The fraction of sp³-hybridized carbons (Fsp3) is 0.167. The lowest BCUT2D eigenvalue weighted by molar-refractivity contribution is 0.0789. The SMILES string of the molecule is O=C(NC[C@H]1COc2ccccc2O1)c1ccc(OCc2cn3ccccc3n2)cc1. The van der Waals surface area contributed by atoms with E-state index in [2.05, 4.69) is 10.3 Å². The van der Waals surface area contributed by atoms with Crippen LogP contribution in [-0.4, -0.2) is 34.5 Å². The zero-order valence-electron chi connectivity index (χ0n) is 16.7. The third-order valence-corrected chi connectivity index (χ3v) is 4.97. The maximum Gasteiger partial charge on any atom is 0.251 e. The molecule has 4 aromatic rings. The van der Waals surface area contributed by atoms with Gasteiger partial charge in [-0.25, -0.2) is 4.98 Å². The number of amides is 1. The molecule has 0 saturated carbocycles. The third-order valence-electron chi connectivity index (χ3n) is 4.97. The van der Waals surface area contributed by atoms with Gasteiger partial charge in [0, 0.05) is 18.0 Å². The van der Waals surface area contributed by atoms with Gasteiger partial charge in [-0.05, 0) is 48.5 Å². The first-order valence-corrected chi connectivity index (χ1v) is 10.1. The summed E-state index contributed by atoms with van der Waals surface area (Å²) < 4.78 is 19.3. The van der Waals surface area contributed by atoms with Crippen LogP contribution in [0.3, 0.4) is 0 Å². The number of nitrogens with zero attached hydrogens (tertiary/aromatic N) is 2. The molecule has 1 N–H and O–H groups in total. The van der Waals surface area contributed by atoms with Gasteiger partial charge in [0.15, 0.2) is 11.5 Å². The summed E-state index contributed by atoms with van der Waals surface area (Å²) in [7, 11) is 0. The molecule has 5 rings (SSSR count). The van der Waals surface area contributed by atoms with Crippen LogP contribution >= 0.6 is 0 Å². The van der Waals surface area contributed by atoms with E-state index in [4.69, 9.17) is 14.2 Å². The second-order valence-corrected chi connectivity index (χ2v) is 7.22. The van der Waals surface area contributed by atoms with Crippen LogP contribution in [0.2, 0.25) is 0 Å². The molecule has 7 heteroatoms. The van der Waals surface area contributed by atoms with E-state index in [1.54, 1.807) is 24.3 Å². The van der Waals surface area contributed by atoms with Gasteiger partial charge < -0.3 is 23.9 Å². The topological polar surface area (TPSA) is 74.1 Å². The fourth-order valence-electron chi connectivity index (χ4n) is 3.39. The summed E-state index contributed by atoms with van der Waals surface area (Å²) in [6.45, 7) is 1.11. The van der Waals surface area contributed by atoms with E-state index in [0.717, 1.165) is 17.1 Å². The Morgan fingerprint density at radius 1 is 1.06 bits per heavy atom. The maximum absolute atomic E-state index is 12.5. The second-order valence-electron chi connectivity index (χ2n) is 7.22. The molecule has 0 unspecified atom stereocenters. The standard InChI is InChI=1S/C24H21N3O4/c28-24(25-13-20-16-30-21-5-1-2-6-22(21)31-20)17-8-10-19(11-9-17)29-15-18-14-27-12-4-3-7-23(27)26-18/h1-12,14,20H,13,15-16H2,(H,25,28)/t20-/m0/s1. The summed E-state index contributed by atoms with van der Waals surface area (Å²) in [5, 5.41) is 2.89. The number of carbonyl (C=O) groups is 1. The van der Waals surface area contributed by atoms with Crippen LogP contribution in [0, 0.1) is 0 Å². The van der Waals surface area contributed by atoms with Gasteiger partial charge in [-0.3, -0.25) is 4.79 Å². The minimum atomic E-state index is -0.230. The molecule has 3 heterocycles. The summed E-state index contributed by atoms with van der Waals surface area (Å²) in [5.74, 6) is 1.92. The molecule has 2 aromatic heterocycles. The van der Waals surface area contributed by atoms with Crippen molar-refractivity contribution in [3.8, 4) is 17.2 Å². The second kappa shape index (κ2) is 8.39. The molecule has 1 aliphatic heterocycles. The highest BCUT2D eigenvalue weighted by molar-refractivity contribution is 5.94. The molecule has 1 amide bonds. The number of benzene rings is 2. The highest BCUT2D eigenvalue weighted by atomic mass is 16.6. The van der Waals surface area contributed by atoms with Crippen LogP contribution in [0.15, 0.2) is 79.1 Å². The zero-order valence-corrected chi connectivity index (χ0v) is 16.7. The average molecular weight is 415 g/mol. The van der Waals surface area contributed by atoms with Gasteiger partial charge in [0.05, 0.1) is 12.2 Å². The molecule has 156 valence electrons. The van der Waals surface area contributed by atoms with Crippen LogP contribution in [0.4, 0.5) is 0 Å². The molecular weight excluding hydrogens is 394 g/mol. The van der Waals surface area contributed by atoms with E-state index < -0.39 is 0 Å². The van der Waals surface area contributed by atoms with E-state index in [9.17, 15) is 4.79 Å². The largest absolute Gasteiger partial charge is 0.487 e. The number of fused-ring (bicyclic) bond motifs is 2. The minimum Gasteiger partial charge on any atom is -0.487 e. The number of pyridine rings is 1. The number of aromatic nitrogens is 2. The van der Waals surface area contributed by atoms with E-state index in [-0.39, 0.29) is 12.0 Å². The number of nitrogens with one attached hydrogen (secondary N) is 1. The Hall–Kier alpha value is -4.00. The van der Waals surface area contributed by atoms with Crippen molar-refractivity contribution < 1.29 is 19.0 Å². The van der Waals surface area contributed by atoms with Crippen molar-refractivity contribution in [1.82, 2.24) is 14.7 Å². The predicted molar refractivity (Wildman–Crippen MR) is 115 cm³/mol. The molecule has 1 aliphatic rings. The van der Waals surface area contributed by atoms with Crippen molar-refractivity contribution in [2.45, 2.75) is 12.7 Å². The number of rotatable bonds is 6. The normalized spacial score (nSPS) is 14.9. The van der Waals surface area contributed by atoms with Crippen LogP contribution in [-0.2, 0) is 6.61 Å². The van der Waals surface area contributed by atoms with Crippen molar-refractivity contribution >= 4 is 11.6 Å². The van der Waals surface area contributed by atoms with Gasteiger partial charge in [0.1, 0.15) is 30.7 Å². The van der Waals surface area contributed by atoms with Crippen LogP contribution in [0.25, 0.3) is 5.65 Å². The summed E-state index contributed by atoms with van der Waals surface area (Å²) in [6.07, 6.45) is 3.65. The molecular formula is C24H21N3O4. The number of hydrogen-bond donors (Lipinski definition) is 1. The van der Waals surface area contributed by atoms with Crippen molar-refractivity contribution in [3.63, 3.8) is 0 Å². The average Bonchev–Trinajstić information content (AvgIpc) is 3.24. The van der Waals surface area contributed by atoms with Crippen LogP contribution in [0.1, 0.15) is 16.1 Å². The number of imidazole rings is 1. The lowest BCUT2D eigenvalue weighted by Gasteiger charge is -2.26. The molecule has 1 atom stereocenters. The first-order chi connectivity index (χ1) is 15.2. The van der Waals surface area contributed by atoms with E-state index in [0.29, 0.717) is 36.8 Å². The molecule has 2 aromatic carbocycles. The summed E-state index contributed by atoms with van der Waals surface area (Å²) in [5.41, 5.74) is 2.27. The zero-order chi connectivity index (χ0) is 21.0. The van der Waals surface area contributed by atoms with E-state index in [1.165, 1.54) is 0 Å². The molecule has 7 nitrogen and oxygen atoms in total. The highest BCUT2D eigenvalue weighted by Gasteiger charge is 2.21. The lowest BCUT2D eigenvalue weighted by atomic mass is 10.2. The lowest BCUT2D eigenvalue weighted by Crippen LogP contribution is -2.40. The molecule has 0 aliphatic carbocycles. The van der Waals surface area contributed by atoms with Crippen LogP contribution in [0.5, 0.6) is 17.2 Å². The number of para-hydroxylation sites is 2. The van der Waals surface area contributed by atoms with Crippen molar-refractivity contribution in [1.29, 1.82) is 0 Å². The van der Waals surface area contributed by atoms with Gasteiger partial charge in [0.2, 0.25) is 0 Å². The van der Waals surface area contributed by atoms with Gasteiger partial charge in [-0.1, -0.05) is 18.2 Å².